The highest BCUT2D eigenvalue weighted by Gasteiger charge is 2.28. The molecule has 6 aromatic rings. The van der Waals surface area contributed by atoms with Gasteiger partial charge in [-0.05, 0) is 79.6 Å². The number of likely N-dealkylation sites (N-methyl/N-ethyl adjacent to an activating group) is 1. The van der Waals surface area contributed by atoms with E-state index in [9.17, 15) is 14.4 Å². The number of H-pyrrole nitrogens is 1. The molecular formula is C55H71N8O12PS. The number of nitrogens with two attached hydrogens (primary N) is 2. The normalized spacial score (nSPS) is 13.6. The van der Waals surface area contributed by atoms with Gasteiger partial charge in [-0.15, -0.1) is 0 Å². The first-order chi connectivity index (χ1) is 37.3. The molecule has 0 saturated carbocycles. The van der Waals surface area contributed by atoms with Crippen molar-refractivity contribution < 1.29 is 52.0 Å². The Morgan fingerprint density at radius 3 is 2.10 bits per heavy atom. The van der Waals surface area contributed by atoms with Crippen molar-refractivity contribution in [1.82, 2.24) is 20.3 Å². The number of ether oxygens (including phenoxy) is 5. The minimum absolute atomic E-state index is 0.00479. The number of aromatic nitrogens is 2. The lowest BCUT2D eigenvalue weighted by Gasteiger charge is -2.33. The fourth-order valence-electron chi connectivity index (χ4n) is 8.74. The van der Waals surface area contributed by atoms with Gasteiger partial charge in [0.1, 0.15) is 17.1 Å². The number of carbonyl (C=O) groups is 2. The van der Waals surface area contributed by atoms with Crippen molar-refractivity contribution in [1.29, 1.82) is 0 Å². The highest BCUT2D eigenvalue weighted by atomic mass is 32.5. The van der Waals surface area contributed by atoms with Crippen LogP contribution in [0.25, 0.3) is 44.7 Å². The summed E-state index contributed by atoms with van der Waals surface area (Å²) in [6, 6.07) is 28.1. The highest BCUT2D eigenvalue weighted by Crippen LogP contribution is 2.38. The summed E-state index contributed by atoms with van der Waals surface area (Å²) < 4.78 is 39.7. The number of rotatable bonds is 32. The molecule has 1 aliphatic rings. The van der Waals surface area contributed by atoms with Crippen LogP contribution in [0, 0.1) is 6.92 Å². The molecule has 0 spiro atoms. The number of fused-ring (bicyclic) bond motifs is 5. The second-order valence-electron chi connectivity index (χ2n) is 18.4. The molecule has 0 radical (unpaired) electrons. The van der Waals surface area contributed by atoms with E-state index in [-0.39, 0.29) is 43.2 Å². The molecule has 0 saturated heterocycles. The molecule has 0 fully saturated rings. The third kappa shape index (κ3) is 17.5. The van der Waals surface area contributed by atoms with Gasteiger partial charge in [0.15, 0.2) is 11.0 Å². The van der Waals surface area contributed by atoms with Crippen LogP contribution in [0.15, 0.2) is 100 Å². The largest absolute Gasteiger partial charge is 0.453 e. The molecule has 2 amide bonds. The van der Waals surface area contributed by atoms with Gasteiger partial charge in [-0.25, -0.2) is 10.8 Å². The number of nitrogens with zero attached hydrogens (tertiary/aromatic N) is 4. The van der Waals surface area contributed by atoms with Crippen molar-refractivity contribution in [3.8, 4) is 11.3 Å². The van der Waals surface area contributed by atoms with Gasteiger partial charge in [0.2, 0.25) is 11.8 Å². The molecule has 414 valence electrons. The number of carbonyl (C=O) groups excluding carboxylic acids is 2. The minimum Gasteiger partial charge on any atom is -0.453 e. The first kappa shape index (κ1) is 58.6. The molecule has 2 aromatic heterocycles. The zero-order valence-corrected chi connectivity index (χ0v) is 45.5. The maximum Gasteiger partial charge on any atom is 0.321 e. The smallest absolute Gasteiger partial charge is 0.321 e. The van der Waals surface area contributed by atoms with E-state index in [0.717, 1.165) is 53.0 Å². The van der Waals surface area contributed by atoms with Crippen molar-refractivity contribution in [2.24, 2.45) is 11.6 Å². The van der Waals surface area contributed by atoms with E-state index in [1.54, 1.807) is 16.0 Å². The molecule has 8 N–H and O–H groups in total. The molecule has 4 aromatic carbocycles. The Balaban J connectivity index is 0.731. The van der Waals surface area contributed by atoms with Crippen molar-refractivity contribution in [2.75, 3.05) is 109 Å². The van der Waals surface area contributed by atoms with Gasteiger partial charge in [-0.1, -0.05) is 55.3 Å². The van der Waals surface area contributed by atoms with Crippen molar-refractivity contribution in [3.63, 3.8) is 0 Å². The van der Waals surface area contributed by atoms with Gasteiger partial charge >= 0.3 is 6.72 Å². The lowest BCUT2D eigenvalue weighted by atomic mass is 9.95. The Bertz CT molecular complexity index is 3020. The standard InChI is InChI=1S/C55H71N8O12PS/c1-39-59-46-20-19-45-48(64)37-49(75-55(45)53(46)60-39)40-15-17-42(18-16-40)61(2)24-27-69-29-31-71-33-35-73-36-34-72-32-30-70-28-25-63(57)54-43-12-6-5-11-41(43)38-62(47-14-8-7-13-44(47)52(54)56)51(66)22-21-50(65)58-23-9-3-4-10-26-74-76(67,68)77/h5-8,11-20,37H,3-4,9-10,21-36,38,56-57H2,1-2H3,(H,58,65)(H,59,60)(H2,67,68,77)/b54-52-. The maximum atomic E-state index is 13.8. The zero-order chi connectivity index (χ0) is 54.6. The lowest BCUT2D eigenvalue weighted by Crippen LogP contribution is -2.38. The molecule has 0 bridgehead atoms. The first-order valence-corrected chi connectivity index (χ1v) is 28.5. The Labute approximate surface area is 453 Å². The van der Waals surface area contributed by atoms with Gasteiger partial charge in [0, 0.05) is 61.4 Å². The number of benzene rings is 4. The summed E-state index contributed by atoms with van der Waals surface area (Å²) in [4.78, 5) is 69.3. The van der Waals surface area contributed by atoms with Crippen LogP contribution in [0.4, 0.5) is 11.4 Å². The minimum atomic E-state index is -3.63. The van der Waals surface area contributed by atoms with E-state index < -0.39 is 6.72 Å². The first-order valence-electron chi connectivity index (χ1n) is 25.9. The number of nitrogens with one attached hydrogen (secondary N) is 2. The second-order valence-corrected chi connectivity index (χ2v) is 21.0. The average molecular weight is 1100 g/mol. The van der Waals surface area contributed by atoms with Crippen LogP contribution in [0.5, 0.6) is 0 Å². The van der Waals surface area contributed by atoms with Crippen LogP contribution in [0.2, 0.25) is 0 Å². The number of hydrogen-bond donors (Lipinski definition) is 6. The number of amides is 2. The Morgan fingerprint density at radius 1 is 0.792 bits per heavy atom. The van der Waals surface area contributed by atoms with Crippen LogP contribution in [-0.4, -0.2) is 136 Å². The van der Waals surface area contributed by atoms with Gasteiger partial charge in [-0.2, -0.15) is 0 Å². The van der Waals surface area contributed by atoms with Gasteiger partial charge in [0.25, 0.3) is 0 Å². The highest BCUT2D eigenvalue weighted by molar-refractivity contribution is 8.06. The molecule has 3 heterocycles. The summed E-state index contributed by atoms with van der Waals surface area (Å²) in [5, 5.41) is 4.97. The molecule has 1 aliphatic heterocycles. The van der Waals surface area contributed by atoms with Crippen LogP contribution >= 0.6 is 6.72 Å². The summed E-state index contributed by atoms with van der Waals surface area (Å²) in [6.07, 6.45) is 3.01. The van der Waals surface area contributed by atoms with Gasteiger partial charge < -0.3 is 73.3 Å². The van der Waals surface area contributed by atoms with E-state index in [4.69, 9.17) is 54.0 Å². The predicted molar refractivity (Wildman–Crippen MR) is 301 cm³/mol. The number of para-hydroxylation sites is 1. The number of hydrogen-bond acceptors (Lipinski definition) is 16. The quantitative estimate of drug-likeness (QED) is 0.0116. The number of aromatic amines is 1. The molecule has 22 heteroatoms. The maximum absolute atomic E-state index is 13.8. The van der Waals surface area contributed by atoms with Crippen molar-refractivity contribution >= 4 is 75.1 Å². The SMILES string of the molecule is Cc1nc2c(ccc3c(=O)cc(-c4ccc(N(C)CCOCCOCCOCCOCCOCCN(N)/C5=C(\N)c6ccccc6N(C(=O)CCC(=O)NCCCCCCOP(O)(O)=S)Cc6ccccc65)cc4)oc32)[nH]1. The number of hydrazine groups is 1. The van der Waals surface area contributed by atoms with Gasteiger partial charge in [-0.3, -0.25) is 14.4 Å². The summed E-state index contributed by atoms with van der Waals surface area (Å²) in [7, 11) is 2.00. The second kappa shape index (κ2) is 29.6. The molecule has 0 atom stereocenters. The molecule has 7 rings (SSSR count). The number of unbranched alkanes of at least 4 members (excludes halogenated alkanes) is 3. The van der Waals surface area contributed by atoms with Gasteiger partial charge in [0.05, 0.1) is 114 Å². The third-order valence-electron chi connectivity index (χ3n) is 12.7. The molecular weight excluding hydrogens is 1030 g/mol. The van der Waals surface area contributed by atoms with Crippen molar-refractivity contribution in [2.45, 2.75) is 52.0 Å². The lowest BCUT2D eigenvalue weighted by molar-refractivity contribution is -0.125. The topological polar surface area (TPSA) is 263 Å². The summed E-state index contributed by atoms with van der Waals surface area (Å²) >= 11 is 4.45. The number of imidazole rings is 1. The van der Waals surface area contributed by atoms with E-state index in [0.29, 0.717) is 137 Å². The van der Waals surface area contributed by atoms with E-state index in [1.165, 1.54) is 6.07 Å². The summed E-state index contributed by atoms with van der Waals surface area (Å²) in [5.74, 6) is 7.53. The molecule has 0 unspecified atom stereocenters. The predicted octanol–water partition coefficient (Wildman–Crippen LogP) is 6.35. The molecule has 20 nitrogen and oxygen atoms in total. The number of anilines is 2. The Hall–Kier alpha value is -6.07. The summed E-state index contributed by atoms with van der Waals surface area (Å²) in [6.45, 7) is 4.31. The monoisotopic (exact) mass is 1100 g/mol. The Kier molecular flexibility index (Phi) is 22.5. The molecule has 0 aliphatic carbocycles. The van der Waals surface area contributed by atoms with E-state index in [2.05, 4.69) is 32.0 Å². The van der Waals surface area contributed by atoms with E-state index >= 15 is 0 Å². The third-order valence-corrected chi connectivity index (χ3v) is 13.6. The Morgan fingerprint density at radius 2 is 1.42 bits per heavy atom. The fraction of sp³-hybridized carbons (Fsp3) is 0.418. The van der Waals surface area contributed by atoms with Crippen LogP contribution < -0.4 is 32.1 Å². The average Bonchev–Trinajstić information content (AvgIpc) is 3.84. The zero-order valence-electron chi connectivity index (χ0n) is 43.8. The van der Waals surface area contributed by atoms with Crippen LogP contribution in [0.1, 0.15) is 61.0 Å². The van der Waals surface area contributed by atoms with Crippen molar-refractivity contribution in [3.05, 3.63) is 124 Å². The fourth-order valence-corrected chi connectivity index (χ4v) is 9.33. The van der Waals surface area contributed by atoms with Crippen LogP contribution in [-0.2, 0) is 56.1 Å². The van der Waals surface area contributed by atoms with Crippen LogP contribution in [0.3, 0.4) is 0 Å². The molecule has 77 heavy (non-hydrogen) atoms. The van der Waals surface area contributed by atoms with E-state index in [1.807, 2.05) is 92.8 Å². The summed E-state index contributed by atoms with van der Waals surface area (Å²) in [5.41, 5.74) is 14.5. The number of aryl methyl sites for hydroxylation is 1.